The van der Waals surface area contributed by atoms with Gasteiger partial charge in [0, 0.05) is 49.0 Å². The Bertz CT molecular complexity index is 1550. The van der Waals surface area contributed by atoms with Crippen molar-refractivity contribution in [1.29, 1.82) is 0 Å². The molecule has 0 bridgehead atoms. The average Bonchev–Trinajstić information content (AvgIpc) is 3.27. The van der Waals surface area contributed by atoms with Crippen LogP contribution in [0.25, 0.3) is 22.2 Å². The minimum absolute atomic E-state index is 0.0483. The highest BCUT2D eigenvalue weighted by atomic mass is 19.1. The van der Waals surface area contributed by atoms with E-state index >= 15 is 0 Å². The molecule has 4 N–H and O–H groups in total. The molecule has 0 spiro atoms. The standard InChI is InChI=1S/C27H34FN9O2/c1-27(2,3)14-18-13-22(35-34-18)32-26(39)31-21-12-16(7-8-20(21)28)19-11-17-15-30-25(29-9-10-36(4)5)33-23(17)37(6)24(19)38/h7-8,11-13,15H,9-10,14H2,1-6H3,(H,29,30,33)(H3,31,32,34,35,39). The van der Waals surface area contributed by atoms with Crippen molar-refractivity contribution in [2.75, 3.05) is 43.1 Å². The molecule has 11 nitrogen and oxygen atoms in total. The summed E-state index contributed by atoms with van der Waals surface area (Å²) in [5.74, 6) is 0.106. The number of hydrogen-bond acceptors (Lipinski definition) is 7. The number of nitrogens with one attached hydrogen (secondary N) is 4. The number of urea groups is 1. The van der Waals surface area contributed by atoms with E-state index in [-0.39, 0.29) is 16.7 Å². The molecule has 3 heterocycles. The maximum atomic E-state index is 14.6. The first-order valence-electron chi connectivity index (χ1n) is 12.6. The lowest BCUT2D eigenvalue weighted by molar-refractivity contribution is 0.262. The number of H-pyrrole nitrogens is 1. The second-order valence-corrected chi connectivity index (χ2v) is 10.9. The first kappa shape index (κ1) is 27.7. The Morgan fingerprint density at radius 3 is 2.64 bits per heavy atom. The maximum Gasteiger partial charge on any atom is 0.324 e. The molecule has 0 aliphatic rings. The van der Waals surface area contributed by atoms with Crippen LogP contribution >= 0.6 is 0 Å². The third kappa shape index (κ3) is 6.96. The van der Waals surface area contributed by atoms with E-state index < -0.39 is 11.8 Å². The van der Waals surface area contributed by atoms with Gasteiger partial charge in [-0.25, -0.2) is 14.2 Å². The van der Waals surface area contributed by atoms with Gasteiger partial charge >= 0.3 is 6.03 Å². The summed E-state index contributed by atoms with van der Waals surface area (Å²) in [5, 5.41) is 15.9. The molecule has 0 aliphatic carbocycles. The van der Waals surface area contributed by atoms with E-state index in [1.54, 1.807) is 25.4 Å². The van der Waals surface area contributed by atoms with E-state index in [0.29, 0.717) is 40.5 Å². The van der Waals surface area contributed by atoms with Crippen molar-refractivity contribution in [2.45, 2.75) is 27.2 Å². The fourth-order valence-electron chi connectivity index (χ4n) is 4.08. The molecule has 12 heteroatoms. The molecule has 0 radical (unpaired) electrons. The second-order valence-electron chi connectivity index (χ2n) is 10.9. The third-order valence-corrected chi connectivity index (χ3v) is 5.91. The predicted molar refractivity (Wildman–Crippen MR) is 152 cm³/mol. The number of aryl methyl sites for hydroxylation is 1. The Labute approximate surface area is 225 Å². The predicted octanol–water partition coefficient (Wildman–Crippen LogP) is 4.06. The first-order valence-corrected chi connectivity index (χ1v) is 12.6. The van der Waals surface area contributed by atoms with Gasteiger partial charge in [0.15, 0.2) is 5.82 Å². The number of fused-ring (bicyclic) bond motifs is 1. The molecular weight excluding hydrogens is 501 g/mol. The van der Waals surface area contributed by atoms with Crippen LogP contribution in [-0.4, -0.2) is 62.8 Å². The van der Waals surface area contributed by atoms with Crippen LogP contribution in [0, 0.1) is 11.2 Å². The SMILES string of the molecule is CN(C)CCNc1ncc2cc(-c3ccc(F)c(NC(=O)Nc4cc(CC(C)(C)C)[nH]n4)c3)c(=O)n(C)c2n1. The number of hydrogen-bond donors (Lipinski definition) is 4. The minimum Gasteiger partial charge on any atom is -0.353 e. The highest BCUT2D eigenvalue weighted by Crippen LogP contribution is 2.26. The van der Waals surface area contributed by atoms with Gasteiger partial charge in [-0.2, -0.15) is 10.1 Å². The molecule has 2 amide bonds. The van der Waals surface area contributed by atoms with Crippen molar-refractivity contribution in [3.63, 3.8) is 0 Å². The molecule has 3 aromatic heterocycles. The largest absolute Gasteiger partial charge is 0.353 e. The fourth-order valence-corrected chi connectivity index (χ4v) is 4.08. The van der Waals surface area contributed by atoms with Gasteiger partial charge in [0.2, 0.25) is 5.95 Å². The van der Waals surface area contributed by atoms with Gasteiger partial charge < -0.3 is 15.5 Å². The summed E-state index contributed by atoms with van der Waals surface area (Å²) in [7, 11) is 5.57. The summed E-state index contributed by atoms with van der Waals surface area (Å²) in [5.41, 5.74) is 1.76. The number of aromatic nitrogens is 5. The number of amides is 2. The van der Waals surface area contributed by atoms with Gasteiger partial charge in [-0.05, 0) is 49.7 Å². The lowest BCUT2D eigenvalue weighted by Gasteiger charge is -2.15. The zero-order chi connectivity index (χ0) is 28.3. The first-order chi connectivity index (χ1) is 18.4. The van der Waals surface area contributed by atoms with Crippen molar-refractivity contribution in [3.8, 4) is 11.1 Å². The highest BCUT2D eigenvalue weighted by Gasteiger charge is 2.16. The van der Waals surface area contributed by atoms with Crippen molar-refractivity contribution in [2.24, 2.45) is 12.5 Å². The van der Waals surface area contributed by atoms with Gasteiger partial charge in [-0.1, -0.05) is 26.8 Å². The molecule has 39 heavy (non-hydrogen) atoms. The van der Waals surface area contributed by atoms with Crippen LogP contribution < -0.4 is 21.5 Å². The summed E-state index contributed by atoms with van der Waals surface area (Å²) < 4.78 is 16.1. The molecule has 1 aromatic carbocycles. The van der Waals surface area contributed by atoms with E-state index in [4.69, 9.17) is 0 Å². The minimum atomic E-state index is -0.658. The molecule has 0 saturated heterocycles. The molecule has 0 atom stereocenters. The number of aromatic amines is 1. The normalized spacial score (nSPS) is 11.7. The number of nitrogens with zero attached hydrogens (tertiary/aromatic N) is 5. The summed E-state index contributed by atoms with van der Waals surface area (Å²) in [4.78, 5) is 36.7. The number of carbonyl (C=O) groups is 1. The maximum absolute atomic E-state index is 14.6. The molecule has 206 valence electrons. The lowest BCUT2D eigenvalue weighted by atomic mass is 9.91. The van der Waals surface area contributed by atoms with Crippen LogP contribution in [0.5, 0.6) is 0 Å². The van der Waals surface area contributed by atoms with Crippen molar-refractivity contribution < 1.29 is 9.18 Å². The van der Waals surface area contributed by atoms with Gasteiger partial charge in [-0.15, -0.1) is 0 Å². The van der Waals surface area contributed by atoms with E-state index in [0.717, 1.165) is 18.7 Å². The Morgan fingerprint density at radius 1 is 1.15 bits per heavy atom. The average molecular weight is 536 g/mol. The van der Waals surface area contributed by atoms with Gasteiger partial charge in [0.05, 0.1) is 5.69 Å². The summed E-state index contributed by atoms with van der Waals surface area (Å²) in [6, 6.07) is 6.87. The zero-order valence-corrected chi connectivity index (χ0v) is 23.0. The molecule has 0 aliphatic heterocycles. The fraction of sp³-hybridized carbons (Fsp3) is 0.370. The monoisotopic (exact) mass is 535 g/mol. The second kappa shape index (κ2) is 11.2. The quantitative estimate of drug-likeness (QED) is 0.267. The van der Waals surface area contributed by atoms with E-state index in [1.807, 2.05) is 19.0 Å². The molecule has 0 unspecified atom stereocenters. The van der Waals surface area contributed by atoms with Crippen molar-refractivity contribution >= 4 is 34.5 Å². The summed E-state index contributed by atoms with van der Waals surface area (Å²) in [6.45, 7) is 7.75. The van der Waals surface area contributed by atoms with Crippen LogP contribution in [0.3, 0.4) is 0 Å². The van der Waals surface area contributed by atoms with E-state index in [2.05, 4.69) is 56.9 Å². The molecule has 0 saturated carbocycles. The van der Waals surface area contributed by atoms with Crippen LogP contribution in [0.4, 0.5) is 26.6 Å². The molecule has 4 aromatic rings. The number of anilines is 3. The number of halogens is 1. The smallest absolute Gasteiger partial charge is 0.324 e. The summed E-state index contributed by atoms with van der Waals surface area (Å²) >= 11 is 0. The number of benzene rings is 1. The van der Waals surface area contributed by atoms with E-state index in [9.17, 15) is 14.0 Å². The Balaban J connectivity index is 1.54. The number of rotatable bonds is 8. The highest BCUT2D eigenvalue weighted by molar-refractivity contribution is 5.99. The van der Waals surface area contributed by atoms with Gasteiger partial charge in [0.1, 0.15) is 11.5 Å². The topological polar surface area (TPSA) is 133 Å². The lowest BCUT2D eigenvalue weighted by Crippen LogP contribution is -2.23. The molecular formula is C27H34FN9O2. The number of pyridine rings is 1. The van der Waals surface area contributed by atoms with Crippen molar-refractivity contribution in [3.05, 3.63) is 58.4 Å². The molecule has 4 rings (SSSR count). The van der Waals surface area contributed by atoms with Crippen LogP contribution in [0.2, 0.25) is 0 Å². The summed E-state index contributed by atoms with van der Waals surface area (Å²) in [6.07, 6.45) is 2.39. The zero-order valence-electron chi connectivity index (χ0n) is 23.0. The number of carbonyl (C=O) groups excluding carboxylic acids is 1. The van der Waals surface area contributed by atoms with Crippen molar-refractivity contribution in [1.82, 2.24) is 29.6 Å². The van der Waals surface area contributed by atoms with Gasteiger partial charge in [0.25, 0.3) is 5.56 Å². The molecule has 0 fully saturated rings. The van der Waals surface area contributed by atoms with Crippen LogP contribution in [-0.2, 0) is 13.5 Å². The van der Waals surface area contributed by atoms with Crippen LogP contribution in [0.1, 0.15) is 26.5 Å². The Morgan fingerprint density at radius 2 is 1.92 bits per heavy atom. The van der Waals surface area contributed by atoms with Gasteiger partial charge in [-0.3, -0.25) is 19.8 Å². The van der Waals surface area contributed by atoms with E-state index in [1.165, 1.54) is 22.8 Å². The number of likely N-dealkylation sites (N-methyl/N-ethyl adjacent to an activating group) is 1. The third-order valence-electron chi connectivity index (χ3n) is 5.91. The Hall–Kier alpha value is -4.32. The van der Waals surface area contributed by atoms with Crippen LogP contribution in [0.15, 0.2) is 41.3 Å². The Kier molecular flexibility index (Phi) is 7.95.